The Labute approximate surface area is 108 Å². The van der Waals surface area contributed by atoms with Gasteiger partial charge in [-0.25, -0.2) is 9.59 Å². The molecule has 6 nitrogen and oxygen atoms in total. The van der Waals surface area contributed by atoms with E-state index in [1.807, 2.05) is 20.8 Å². The largest absolute Gasteiger partial charge is 0.450 e. The summed E-state index contributed by atoms with van der Waals surface area (Å²) in [5.41, 5.74) is -0.510. The number of nitrogens with one attached hydrogen (secondary N) is 1. The third-order valence-electron chi connectivity index (χ3n) is 2.44. The van der Waals surface area contributed by atoms with Crippen LogP contribution in [0.3, 0.4) is 0 Å². The van der Waals surface area contributed by atoms with Gasteiger partial charge in [-0.15, -0.1) is 0 Å². The van der Waals surface area contributed by atoms with E-state index in [2.05, 4.69) is 5.32 Å². The molecule has 1 aliphatic heterocycles. The number of nitrogens with zero attached hydrogens (tertiary/aromatic N) is 1. The van der Waals surface area contributed by atoms with Crippen LogP contribution in [0.15, 0.2) is 0 Å². The second-order valence-corrected chi connectivity index (χ2v) is 5.28. The van der Waals surface area contributed by atoms with Crippen molar-refractivity contribution >= 4 is 12.2 Å². The van der Waals surface area contributed by atoms with Crippen molar-refractivity contribution < 1.29 is 19.1 Å². The highest BCUT2D eigenvalue weighted by Crippen LogP contribution is 2.12. The Bertz CT molecular complexity index is 312. The smallest absolute Gasteiger partial charge is 0.409 e. The van der Waals surface area contributed by atoms with Crippen LogP contribution in [-0.2, 0) is 9.47 Å². The first-order chi connectivity index (χ1) is 8.31. The molecule has 0 radical (unpaired) electrons. The van der Waals surface area contributed by atoms with Gasteiger partial charge in [-0.3, -0.25) is 0 Å². The van der Waals surface area contributed by atoms with Gasteiger partial charge in [0.1, 0.15) is 5.60 Å². The summed E-state index contributed by atoms with van der Waals surface area (Å²) in [6.07, 6.45) is -0.0536. The number of hydrogen-bond acceptors (Lipinski definition) is 4. The molecule has 1 saturated heterocycles. The lowest BCUT2D eigenvalue weighted by molar-refractivity contribution is 0.0503. The van der Waals surface area contributed by atoms with E-state index in [1.165, 1.54) is 0 Å². The predicted octanol–water partition coefficient (Wildman–Crippen LogP) is 1.74. The number of carbonyl (C=O) groups excluding carboxylic acids is 2. The van der Waals surface area contributed by atoms with Gasteiger partial charge in [0.15, 0.2) is 0 Å². The van der Waals surface area contributed by atoms with Crippen LogP contribution < -0.4 is 5.32 Å². The fourth-order valence-electron chi connectivity index (χ4n) is 1.73. The molecule has 1 heterocycles. The van der Waals surface area contributed by atoms with Crippen LogP contribution in [0.4, 0.5) is 9.59 Å². The van der Waals surface area contributed by atoms with Crippen LogP contribution in [0.5, 0.6) is 0 Å². The molecule has 6 heteroatoms. The average molecular weight is 258 g/mol. The number of rotatable bonds is 2. The van der Waals surface area contributed by atoms with Gasteiger partial charge in [-0.05, 0) is 34.1 Å². The highest BCUT2D eigenvalue weighted by Gasteiger charge is 2.29. The highest BCUT2D eigenvalue weighted by atomic mass is 16.6. The normalized spacial score (nSPS) is 19.6. The van der Waals surface area contributed by atoms with Gasteiger partial charge in [0, 0.05) is 13.1 Å². The molecular weight excluding hydrogens is 236 g/mol. The van der Waals surface area contributed by atoms with Gasteiger partial charge < -0.3 is 19.7 Å². The van der Waals surface area contributed by atoms with Crippen molar-refractivity contribution in [2.24, 2.45) is 0 Å². The first-order valence-electron chi connectivity index (χ1n) is 6.23. The van der Waals surface area contributed by atoms with Crippen molar-refractivity contribution in [3.05, 3.63) is 0 Å². The lowest BCUT2D eigenvalue weighted by atomic mass is 10.2. The molecule has 2 amide bonds. The molecule has 1 rings (SSSR count). The number of carbonyl (C=O) groups is 2. The molecule has 1 aliphatic rings. The molecule has 0 aliphatic carbocycles. The van der Waals surface area contributed by atoms with E-state index in [0.717, 1.165) is 6.42 Å². The summed E-state index contributed by atoms with van der Waals surface area (Å²) in [4.78, 5) is 24.6. The predicted molar refractivity (Wildman–Crippen MR) is 66.4 cm³/mol. The summed E-state index contributed by atoms with van der Waals surface area (Å²) in [6.45, 7) is 8.63. The molecule has 1 N–H and O–H groups in total. The third kappa shape index (κ3) is 4.81. The van der Waals surface area contributed by atoms with Crippen LogP contribution in [0.2, 0.25) is 0 Å². The Morgan fingerprint density at radius 3 is 2.61 bits per heavy atom. The Hall–Kier alpha value is -1.46. The van der Waals surface area contributed by atoms with Gasteiger partial charge >= 0.3 is 12.2 Å². The zero-order chi connectivity index (χ0) is 13.8. The fourth-order valence-corrected chi connectivity index (χ4v) is 1.73. The molecule has 0 unspecified atom stereocenters. The van der Waals surface area contributed by atoms with Gasteiger partial charge in [-0.2, -0.15) is 0 Å². The molecule has 18 heavy (non-hydrogen) atoms. The van der Waals surface area contributed by atoms with E-state index in [0.29, 0.717) is 19.7 Å². The van der Waals surface area contributed by atoms with Crippen LogP contribution >= 0.6 is 0 Å². The molecule has 1 fully saturated rings. The van der Waals surface area contributed by atoms with Crippen molar-refractivity contribution in [3.63, 3.8) is 0 Å². The Morgan fingerprint density at radius 2 is 2.06 bits per heavy atom. The second kappa shape index (κ2) is 5.93. The van der Waals surface area contributed by atoms with Crippen molar-refractivity contribution in [3.8, 4) is 0 Å². The standard InChI is InChI=1S/C12H22N2O4/c1-5-17-11(16)14-7-6-9(8-14)13-10(15)18-12(2,3)4/h9H,5-8H2,1-4H3,(H,13,15)/t9-/m1/s1. The molecule has 0 aromatic rings. The van der Waals surface area contributed by atoms with Gasteiger partial charge in [0.2, 0.25) is 0 Å². The summed E-state index contributed by atoms with van der Waals surface area (Å²) in [5, 5.41) is 2.75. The summed E-state index contributed by atoms with van der Waals surface area (Å²) >= 11 is 0. The van der Waals surface area contributed by atoms with Crippen molar-refractivity contribution in [2.45, 2.75) is 45.8 Å². The maximum atomic E-state index is 11.5. The monoisotopic (exact) mass is 258 g/mol. The fraction of sp³-hybridized carbons (Fsp3) is 0.833. The van der Waals surface area contributed by atoms with Crippen LogP contribution in [0.25, 0.3) is 0 Å². The highest BCUT2D eigenvalue weighted by molar-refractivity contribution is 5.70. The zero-order valence-corrected chi connectivity index (χ0v) is 11.5. The van der Waals surface area contributed by atoms with E-state index in [-0.39, 0.29) is 12.1 Å². The van der Waals surface area contributed by atoms with Crippen LogP contribution in [-0.4, -0.2) is 48.4 Å². The number of alkyl carbamates (subject to hydrolysis) is 1. The molecule has 0 aromatic carbocycles. The lowest BCUT2D eigenvalue weighted by Crippen LogP contribution is -2.41. The Balaban J connectivity index is 2.34. The quantitative estimate of drug-likeness (QED) is 0.819. The summed E-state index contributed by atoms with van der Waals surface area (Å²) in [6, 6.07) is -0.0655. The maximum absolute atomic E-state index is 11.5. The van der Waals surface area contributed by atoms with Crippen molar-refractivity contribution in [1.29, 1.82) is 0 Å². The number of likely N-dealkylation sites (tertiary alicyclic amines) is 1. The summed E-state index contributed by atoms with van der Waals surface area (Å²) in [5.74, 6) is 0. The number of amides is 2. The second-order valence-electron chi connectivity index (χ2n) is 5.28. The first kappa shape index (κ1) is 14.6. The van der Waals surface area contributed by atoms with Crippen LogP contribution in [0.1, 0.15) is 34.1 Å². The maximum Gasteiger partial charge on any atom is 0.409 e. The lowest BCUT2D eigenvalue weighted by Gasteiger charge is -2.21. The topological polar surface area (TPSA) is 67.9 Å². The molecular formula is C12H22N2O4. The van der Waals surface area contributed by atoms with Gasteiger partial charge in [0.05, 0.1) is 12.6 Å². The Kier molecular flexibility index (Phi) is 4.81. The molecule has 0 spiro atoms. The van der Waals surface area contributed by atoms with Gasteiger partial charge in [0.25, 0.3) is 0 Å². The Morgan fingerprint density at radius 1 is 1.39 bits per heavy atom. The van der Waals surface area contributed by atoms with E-state index in [1.54, 1.807) is 11.8 Å². The minimum absolute atomic E-state index is 0.0655. The van der Waals surface area contributed by atoms with E-state index in [9.17, 15) is 9.59 Å². The molecule has 104 valence electrons. The first-order valence-corrected chi connectivity index (χ1v) is 6.23. The summed E-state index contributed by atoms with van der Waals surface area (Å²) in [7, 11) is 0. The average Bonchev–Trinajstić information content (AvgIpc) is 2.63. The molecule has 0 aromatic heterocycles. The van der Waals surface area contributed by atoms with E-state index in [4.69, 9.17) is 9.47 Å². The SMILES string of the molecule is CCOC(=O)N1CC[C@@H](NC(=O)OC(C)(C)C)C1. The third-order valence-corrected chi connectivity index (χ3v) is 2.44. The van der Waals surface area contributed by atoms with Crippen molar-refractivity contribution in [2.75, 3.05) is 19.7 Å². The van der Waals surface area contributed by atoms with Crippen molar-refractivity contribution in [1.82, 2.24) is 10.2 Å². The van der Waals surface area contributed by atoms with Crippen LogP contribution in [0, 0.1) is 0 Å². The summed E-state index contributed by atoms with van der Waals surface area (Å²) < 4.78 is 10.1. The van der Waals surface area contributed by atoms with E-state index >= 15 is 0 Å². The molecule has 0 saturated carbocycles. The number of ether oxygens (including phenoxy) is 2. The molecule has 0 bridgehead atoms. The number of hydrogen-bond donors (Lipinski definition) is 1. The van der Waals surface area contributed by atoms with E-state index < -0.39 is 11.7 Å². The minimum atomic E-state index is -0.510. The van der Waals surface area contributed by atoms with Gasteiger partial charge in [-0.1, -0.05) is 0 Å². The zero-order valence-electron chi connectivity index (χ0n) is 11.5. The molecule has 1 atom stereocenters. The minimum Gasteiger partial charge on any atom is -0.450 e.